The molecule has 0 aromatic carbocycles. The molecule has 4 heteroatoms. The molecule has 4 rings (SSSR count). The highest BCUT2D eigenvalue weighted by molar-refractivity contribution is 5.56. The van der Waals surface area contributed by atoms with E-state index in [2.05, 4.69) is 15.3 Å². The summed E-state index contributed by atoms with van der Waals surface area (Å²) in [6.45, 7) is 3.91. The van der Waals surface area contributed by atoms with Crippen molar-refractivity contribution < 1.29 is 0 Å². The van der Waals surface area contributed by atoms with E-state index >= 15 is 0 Å². The number of nitrogen functional groups attached to an aromatic ring is 1. The van der Waals surface area contributed by atoms with Crippen LogP contribution in [0.2, 0.25) is 0 Å². The molecule has 4 unspecified atom stereocenters. The number of nitrogens with two attached hydrogens (primary N) is 1. The molecule has 3 aliphatic rings. The second-order valence-corrected chi connectivity index (χ2v) is 6.29. The number of rotatable bonds is 2. The highest BCUT2D eigenvalue weighted by Gasteiger charge is 2.65. The third kappa shape index (κ3) is 1.32. The zero-order valence-electron chi connectivity index (χ0n) is 11.0. The van der Waals surface area contributed by atoms with E-state index in [0.29, 0.717) is 11.9 Å². The second-order valence-electron chi connectivity index (χ2n) is 6.29. The maximum Gasteiger partial charge on any atom is 0.134 e. The lowest BCUT2D eigenvalue weighted by atomic mass is 10.0. The Hall–Kier alpha value is -1.32. The van der Waals surface area contributed by atoms with Crippen LogP contribution < -0.4 is 11.1 Å². The normalized spacial score (nSPS) is 39.8. The first-order valence-corrected chi connectivity index (χ1v) is 7.02. The standard InChI is InChI=1S/C14H20N4/c1-6-13(15)16-7(2)17-14(6)18-12-10-8-3-4-9(5-8)11(10)12/h8-12H,3-5H2,1-2H3,(H3,15,16,17,18). The van der Waals surface area contributed by atoms with Crippen LogP contribution in [0.3, 0.4) is 0 Å². The van der Waals surface area contributed by atoms with Crippen molar-refractivity contribution in [1.82, 2.24) is 9.97 Å². The monoisotopic (exact) mass is 244 g/mol. The molecule has 0 radical (unpaired) electrons. The first kappa shape index (κ1) is 10.6. The van der Waals surface area contributed by atoms with Gasteiger partial charge in [0.1, 0.15) is 17.5 Å². The number of hydrogen-bond acceptors (Lipinski definition) is 4. The van der Waals surface area contributed by atoms with Gasteiger partial charge >= 0.3 is 0 Å². The Morgan fingerprint density at radius 2 is 1.78 bits per heavy atom. The molecule has 1 aromatic heterocycles. The lowest BCUT2D eigenvalue weighted by Gasteiger charge is -2.14. The van der Waals surface area contributed by atoms with Gasteiger partial charge in [0.15, 0.2) is 0 Å². The molecule has 0 aliphatic heterocycles. The summed E-state index contributed by atoms with van der Waals surface area (Å²) in [6.07, 6.45) is 4.39. The Morgan fingerprint density at radius 3 is 2.44 bits per heavy atom. The van der Waals surface area contributed by atoms with Crippen molar-refractivity contribution in [1.29, 1.82) is 0 Å². The average molecular weight is 244 g/mol. The van der Waals surface area contributed by atoms with E-state index in [1.807, 2.05) is 13.8 Å². The highest BCUT2D eigenvalue weighted by Crippen LogP contribution is 2.66. The van der Waals surface area contributed by atoms with Gasteiger partial charge in [-0.1, -0.05) is 0 Å². The first-order chi connectivity index (χ1) is 8.65. The van der Waals surface area contributed by atoms with Crippen LogP contribution in [0, 0.1) is 37.5 Å². The molecule has 0 spiro atoms. The van der Waals surface area contributed by atoms with E-state index in [4.69, 9.17) is 5.73 Å². The fourth-order valence-corrected chi connectivity index (χ4v) is 4.47. The van der Waals surface area contributed by atoms with E-state index in [-0.39, 0.29) is 0 Å². The van der Waals surface area contributed by atoms with Crippen molar-refractivity contribution in [2.45, 2.75) is 39.2 Å². The van der Waals surface area contributed by atoms with E-state index < -0.39 is 0 Å². The third-order valence-electron chi connectivity index (χ3n) is 5.33. The summed E-state index contributed by atoms with van der Waals surface area (Å²) < 4.78 is 0. The summed E-state index contributed by atoms with van der Waals surface area (Å²) in [5, 5.41) is 3.64. The Morgan fingerprint density at radius 1 is 1.11 bits per heavy atom. The van der Waals surface area contributed by atoms with Gasteiger partial charge in [-0.25, -0.2) is 9.97 Å². The zero-order chi connectivity index (χ0) is 12.4. The molecule has 3 saturated carbocycles. The lowest BCUT2D eigenvalue weighted by Crippen LogP contribution is -2.16. The summed E-state index contributed by atoms with van der Waals surface area (Å²) in [5.74, 6) is 6.13. The summed E-state index contributed by atoms with van der Waals surface area (Å²) in [6, 6.07) is 0.656. The number of fused-ring (bicyclic) bond motifs is 5. The maximum absolute atomic E-state index is 5.91. The molecule has 0 amide bonds. The highest BCUT2D eigenvalue weighted by atomic mass is 15.1. The third-order valence-corrected chi connectivity index (χ3v) is 5.33. The van der Waals surface area contributed by atoms with Crippen LogP contribution in [0.25, 0.3) is 0 Å². The molecule has 18 heavy (non-hydrogen) atoms. The van der Waals surface area contributed by atoms with Gasteiger partial charge in [-0.3, -0.25) is 0 Å². The Bertz CT molecular complexity index is 497. The van der Waals surface area contributed by atoms with Crippen LogP contribution in [-0.4, -0.2) is 16.0 Å². The molecule has 3 fully saturated rings. The van der Waals surface area contributed by atoms with Crippen molar-refractivity contribution >= 4 is 11.6 Å². The van der Waals surface area contributed by atoms with Crippen molar-refractivity contribution in [3.8, 4) is 0 Å². The predicted octanol–water partition coefficient (Wildman–Crippen LogP) is 2.13. The Labute approximate surface area is 107 Å². The molecule has 1 aromatic rings. The van der Waals surface area contributed by atoms with Gasteiger partial charge in [-0.2, -0.15) is 0 Å². The van der Waals surface area contributed by atoms with Crippen LogP contribution in [0.4, 0.5) is 11.6 Å². The molecule has 4 atom stereocenters. The van der Waals surface area contributed by atoms with Gasteiger partial charge in [-0.15, -0.1) is 0 Å². The van der Waals surface area contributed by atoms with Crippen LogP contribution in [0.1, 0.15) is 30.7 Å². The van der Waals surface area contributed by atoms with Crippen LogP contribution in [0.5, 0.6) is 0 Å². The molecule has 0 saturated heterocycles. The maximum atomic E-state index is 5.91. The number of nitrogens with one attached hydrogen (secondary N) is 1. The zero-order valence-corrected chi connectivity index (χ0v) is 11.0. The lowest BCUT2D eigenvalue weighted by molar-refractivity contribution is 0.456. The predicted molar refractivity (Wildman–Crippen MR) is 71.1 cm³/mol. The van der Waals surface area contributed by atoms with E-state index in [9.17, 15) is 0 Å². The Kier molecular flexibility index (Phi) is 1.98. The van der Waals surface area contributed by atoms with Gasteiger partial charge in [0.2, 0.25) is 0 Å². The minimum Gasteiger partial charge on any atom is -0.383 e. The van der Waals surface area contributed by atoms with Crippen LogP contribution in [-0.2, 0) is 0 Å². The fraction of sp³-hybridized carbons (Fsp3) is 0.714. The summed E-state index contributed by atoms with van der Waals surface area (Å²) in [5.41, 5.74) is 6.91. The van der Waals surface area contributed by atoms with Crippen LogP contribution >= 0.6 is 0 Å². The van der Waals surface area contributed by atoms with Crippen molar-refractivity contribution in [2.75, 3.05) is 11.1 Å². The van der Waals surface area contributed by atoms with E-state index in [1.165, 1.54) is 19.3 Å². The number of nitrogens with zero attached hydrogens (tertiary/aromatic N) is 2. The fourth-order valence-electron chi connectivity index (χ4n) is 4.47. The summed E-state index contributed by atoms with van der Waals surface area (Å²) >= 11 is 0. The number of anilines is 2. The molecule has 96 valence electrons. The molecule has 4 nitrogen and oxygen atoms in total. The van der Waals surface area contributed by atoms with Crippen molar-refractivity contribution in [3.63, 3.8) is 0 Å². The molecule has 2 bridgehead atoms. The average Bonchev–Trinajstić information content (AvgIpc) is 2.72. The SMILES string of the molecule is Cc1nc(N)c(C)c(NC2C3C4CCC(C4)C23)n1. The molecule has 3 aliphatic carbocycles. The van der Waals surface area contributed by atoms with Crippen LogP contribution in [0.15, 0.2) is 0 Å². The quantitative estimate of drug-likeness (QED) is 0.836. The minimum atomic E-state index is 0.610. The summed E-state index contributed by atoms with van der Waals surface area (Å²) in [7, 11) is 0. The smallest absolute Gasteiger partial charge is 0.134 e. The molecule has 3 N–H and O–H groups in total. The van der Waals surface area contributed by atoms with Gasteiger partial charge < -0.3 is 11.1 Å². The number of hydrogen-bond donors (Lipinski definition) is 2. The topological polar surface area (TPSA) is 63.8 Å². The van der Waals surface area contributed by atoms with E-state index in [0.717, 1.165) is 40.9 Å². The van der Waals surface area contributed by atoms with Crippen molar-refractivity contribution in [2.24, 2.45) is 23.7 Å². The van der Waals surface area contributed by atoms with Crippen molar-refractivity contribution in [3.05, 3.63) is 11.4 Å². The van der Waals surface area contributed by atoms with Gasteiger partial charge in [0, 0.05) is 11.6 Å². The Balaban J connectivity index is 1.57. The van der Waals surface area contributed by atoms with E-state index in [1.54, 1.807) is 0 Å². The second kappa shape index (κ2) is 3.37. The van der Waals surface area contributed by atoms with Gasteiger partial charge in [0.25, 0.3) is 0 Å². The first-order valence-electron chi connectivity index (χ1n) is 7.02. The molecular formula is C14H20N4. The van der Waals surface area contributed by atoms with Gasteiger partial charge in [-0.05, 0) is 56.8 Å². The minimum absolute atomic E-state index is 0.610. The summed E-state index contributed by atoms with van der Waals surface area (Å²) in [4.78, 5) is 8.71. The number of aromatic nitrogens is 2. The molecule has 1 heterocycles. The largest absolute Gasteiger partial charge is 0.383 e. The molecular weight excluding hydrogens is 224 g/mol. The van der Waals surface area contributed by atoms with Gasteiger partial charge in [0.05, 0.1) is 0 Å². The number of aryl methyl sites for hydroxylation is 1.